The highest BCUT2D eigenvalue weighted by molar-refractivity contribution is 7.15. The van der Waals surface area contributed by atoms with Crippen LogP contribution in [0.5, 0.6) is 0 Å². The average molecular weight is 391 g/mol. The Bertz CT molecular complexity index is 974. The van der Waals surface area contributed by atoms with E-state index >= 15 is 0 Å². The number of hydrogen-bond donors (Lipinski definition) is 1. The zero-order valence-electron chi connectivity index (χ0n) is 14.6. The molecule has 0 aliphatic carbocycles. The molecule has 0 spiro atoms. The van der Waals surface area contributed by atoms with Gasteiger partial charge in [-0.15, -0.1) is 11.3 Å². The fourth-order valence-electron chi connectivity index (χ4n) is 3.66. The Labute approximate surface area is 157 Å². The average Bonchev–Trinajstić information content (AvgIpc) is 3.26. The molecule has 1 fully saturated rings. The van der Waals surface area contributed by atoms with Crippen molar-refractivity contribution in [2.75, 3.05) is 6.79 Å². The Morgan fingerprint density at radius 2 is 2.22 bits per heavy atom. The van der Waals surface area contributed by atoms with Crippen LogP contribution in [0.1, 0.15) is 26.0 Å². The number of imidazole rings is 1. The van der Waals surface area contributed by atoms with Crippen molar-refractivity contribution in [3.05, 3.63) is 29.3 Å². The van der Waals surface area contributed by atoms with Crippen LogP contribution in [0.4, 0.5) is 0 Å². The standard InChI is InChI=1S/C17H17N3O6S/c1-8(21)14-11-3-10(12-5-27-13-4-18-6-19(12)13)15(20(11)16(14)23)17(24)26-7-25-9(2)22/h4-6,8,11,14,21H,3,7H2,1-2H3/t8-,11-,14-/m1/s1. The molecule has 0 bridgehead atoms. The smallest absolute Gasteiger partial charge is 0.358 e. The second-order valence-electron chi connectivity index (χ2n) is 6.48. The molecule has 10 heteroatoms. The van der Waals surface area contributed by atoms with Gasteiger partial charge < -0.3 is 19.5 Å². The first-order chi connectivity index (χ1) is 12.9. The Balaban J connectivity index is 1.71. The van der Waals surface area contributed by atoms with E-state index < -0.39 is 30.8 Å². The van der Waals surface area contributed by atoms with Crippen LogP contribution in [0.2, 0.25) is 0 Å². The molecule has 2 aliphatic rings. The van der Waals surface area contributed by atoms with Crippen molar-refractivity contribution < 1.29 is 29.0 Å². The third-order valence-electron chi connectivity index (χ3n) is 4.84. The van der Waals surface area contributed by atoms with Crippen molar-refractivity contribution in [2.24, 2.45) is 5.92 Å². The number of carbonyl (C=O) groups is 3. The van der Waals surface area contributed by atoms with Crippen molar-refractivity contribution in [1.29, 1.82) is 0 Å². The molecule has 1 N–H and O–H groups in total. The summed E-state index contributed by atoms with van der Waals surface area (Å²) in [7, 11) is 0. The number of fused-ring (bicyclic) bond motifs is 2. The summed E-state index contributed by atoms with van der Waals surface area (Å²) in [6, 6.07) is -0.303. The minimum Gasteiger partial charge on any atom is -0.428 e. The van der Waals surface area contributed by atoms with Crippen LogP contribution in [-0.4, -0.2) is 56.2 Å². The number of aromatic nitrogens is 2. The monoisotopic (exact) mass is 391 g/mol. The van der Waals surface area contributed by atoms with E-state index in [-0.39, 0.29) is 17.6 Å². The number of aliphatic hydroxyl groups excluding tert-OH is 1. The number of thiazole rings is 1. The number of rotatable bonds is 5. The lowest BCUT2D eigenvalue weighted by atomic mass is 9.83. The van der Waals surface area contributed by atoms with Crippen molar-refractivity contribution in [1.82, 2.24) is 14.3 Å². The van der Waals surface area contributed by atoms with Gasteiger partial charge in [0.2, 0.25) is 12.7 Å². The molecule has 142 valence electrons. The maximum absolute atomic E-state index is 12.7. The van der Waals surface area contributed by atoms with Gasteiger partial charge in [0.05, 0.1) is 30.0 Å². The van der Waals surface area contributed by atoms with Gasteiger partial charge >= 0.3 is 11.9 Å². The molecule has 1 amide bonds. The molecule has 0 aromatic carbocycles. The first kappa shape index (κ1) is 17.7. The summed E-state index contributed by atoms with van der Waals surface area (Å²) >= 11 is 1.47. The summed E-state index contributed by atoms with van der Waals surface area (Å²) in [4.78, 5) is 42.5. The molecule has 2 aliphatic heterocycles. The van der Waals surface area contributed by atoms with E-state index in [2.05, 4.69) is 9.72 Å². The predicted octanol–water partition coefficient (Wildman–Crippen LogP) is 0.782. The first-order valence-electron chi connectivity index (χ1n) is 8.35. The Kier molecular flexibility index (Phi) is 4.23. The second-order valence-corrected chi connectivity index (χ2v) is 7.37. The summed E-state index contributed by atoms with van der Waals surface area (Å²) in [6.07, 6.45) is 2.95. The van der Waals surface area contributed by atoms with E-state index in [9.17, 15) is 19.5 Å². The molecule has 9 nitrogen and oxygen atoms in total. The number of esters is 2. The Morgan fingerprint density at radius 1 is 1.44 bits per heavy atom. The molecular weight excluding hydrogens is 374 g/mol. The number of nitrogens with zero attached hydrogens (tertiary/aromatic N) is 3. The zero-order chi connectivity index (χ0) is 19.3. The van der Waals surface area contributed by atoms with Crippen molar-refractivity contribution in [3.8, 4) is 0 Å². The third kappa shape index (κ3) is 2.72. The highest BCUT2D eigenvalue weighted by Crippen LogP contribution is 2.47. The molecule has 2 aromatic rings. The van der Waals surface area contributed by atoms with Crippen molar-refractivity contribution in [3.63, 3.8) is 0 Å². The van der Waals surface area contributed by atoms with Gasteiger partial charge in [0, 0.05) is 17.9 Å². The number of aliphatic hydroxyl groups is 1. The Morgan fingerprint density at radius 3 is 2.93 bits per heavy atom. The third-order valence-corrected chi connectivity index (χ3v) is 5.72. The fraction of sp³-hybridized carbons (Fsp3) is 0.412. The number of hydrogen-bond acceptors (Lipinski definition) is 8. The van der Waals surface area contributed by atoms with Gasteiger partial charge in [-0.2, -0.15) is 0 Å². The summed E-state index contributed by atoms with van der Waals surface area (Å²) in [6.45, 7) is 2.24. The SMILES string of the molecule is CC(=O)OCOC(=O)C1=C(c2csc3cncn23)C[C@@H]2[C@@H]([C@@H](C)O)C(=O)N12. The highest BCUT2D eigenvalue weighted by Gasteiger charge is 2.57. The van der Waals surface area contributed by atoms with Gasteiger partial charge in [-0.05, 0) is 13.3 Å². The highest BCUT2D eigenvalue weighted by atomic mass is 32.1. The second kappa shape index (κ2) is 6.46. The van der Waals surface area contributed by atoms with Crippen molar-refractivity contribution in [2.45, 2.75) is 32.4 Å². The molecule has 0 radical (unpaired) electrons. The minimum absolute atomic E-state index is 0.127. The summed E-state index contributed by atoms with van der Waals surface area (Å²) in [5.74, 6) is -2.20. The quantitative estimate of drug-likeness (QED) is 0.456. The van der Waals surface area contributed by atoms with Gasteiger partial charge in [0.15, 0.2) is 0 Å². The van der Waals surface area contributed by atoms with Crippen LogP contribution in [0.25, 0.3) is 10.4 Å². The van der Waals surface area contributed by atoms with E-state index in [1.165, 1.54) is 23.2 Å². The molecule has 4 rings (SSSR count). The predicted molar refractivity (Wildman–Crippen MR) is 93.1 cm³/mol. The van der Waals surface area contributed by atoms with Crippen LogP contribution < -0.4 is 0 Å². The lowest BCUT2D eigenvalue weighted by Gasteiger charge is -2.44. The molecule has 0 saturated carbocycles. The van der Waals surface area contributed by atoms with E-state index in [1.807, 2.05) is 9.78 Å². The van der Waals surface area contributed by atoms with E-state index in [4.69, 9.17) is 4.74 Å². The maximum atomic E-state index is 12.7. The summed E-state index contributed by atoms with van der Waals surface area (Å²) < 4.78 is 11.5. The topological polar surface area (TPSA) is 110 Å². The van der Waals surface area contributed by atoms with Crippen LogP contribution in [0, 0.1) is 5.92 Å². The van der Waals surface area contributed by atoms with Crippen LogP contribution in [0.15, 0.2) is 23.6 Å². The molecule has 0 unspecified atom stereocenters. The number of ether oxygens (including phenoxy) is 2. The van der Waals surface area contributed by atoms with E-state index in [1.54, 1.807) is 19.4 Å². The van der Waals surface area contributed by atoms with Crippen LogP contribution >= 0.6 is 11.3 Å². The first-order valence-corrected chi connectivity index (χ1v) is 9.22. The Hall–Kier alpha value is -2.72. The fourth-order valence-corrected chi connectivity index (χ4v) is 4.53. The molecular formula is C17H17N3O6S. The number of carbonyl (C=O) groups excluding carboxylic acids is 3. The normalized spacial score (nSPS) is 22.6. The van der Waals surface area contributed by atoms with Crippen molar-refractivity contribution >= 4 is 39.6 Å². The largest absolute Gasteiger partial charge is 0.428 e. The molecule has 27 heavy (non-hydrogen) atoms. The lowest BCUT2D eigenvalue weighted by molar-refractivity contribution is -0.170. The zero-order valence-corrected chi connectivity index (χ0v) is 15.4. The molecule has 2 aromatic heterocycles. The van der Waals surface area contributed by atoms with E-state index in [0.29, 0.717) is 12.0 Å². The maximum Gasteiger partial charge on any atom is 0.358 e. The van der Waals surface area contributed by atoms with Crippen LogP contribution in [-0.2, 0) is 23.9 Å². The van der Waals surface area contributed by atoms with Gasteiger partial charge in [-0.1, -0.05) is 0 Å². The molecule has 1 saturated heterocycles. The van der Waals surface area contributed by atoms with Gasteiger partial charge in [0.1, 0.15) is 16.9 Å². The number of amides is 1. The summed E-state index contributed by atoms with van der Waals surface area (Å²) in [5, 5.41) is 11.8. The number of β-lactam (4-membered cyclic amide) rings is 1. The summed E-state index contributed by atoms with van der Waals surface area (Å²) in [5.41, 5.74) is 1.52. The van der Waals surface area contributed by atoms with Gasteiger partial charge in [-0.25, -0.2) is 9.78 Å². The molecule has 4 heterocycles. The van der Waals surface area contributed by atoms with Crippen LogP contribution in [0.3, 0.4) is 0 Å². The van der Waals surface area contributed by atoms with Gasteiger partial charge in [0.25, 0.3) is 0 Å². The lowest BCUT2D eigenvalue weighted by Crippen LogP contribution is -2.61. The van der Waals surface area contributed by atoms with Gasteiger partial charge in [-0.3, -0.25) is 14.0 Å². The minimum atomic E-state index is -0.813. The molecule has 3 atom stereocenters. The van der Waals surface area contributed by atoms with E-state index in [0.717, 1.165) is 10.5 Å².